The molecule has 2 unspecified atom stereocenters. The Balaban J connectivity index is 1.48. The van der Waals surface area contributed by atoms with Gasteiger partial charge < -0.3 is 14.6 Å². The Kier molecular flexibility index (Phi) is 4.35. The van der Waals surface area contributed by atoms with Crippen LogP contribution in [0.1, 0.15) is 25.5 Å². The number of aliphatic carboxylic acids is 1. The van der Waals surface area contributed by atoms with Crippen LogP contribution in [0, 0.1) is 5.92 Å². The molecule has 0 amide bonds. The van der Waals surface area contributed by atoms with Gasteiger partial charge in [-0.3, -0.25) is 9.69 Å². The molecule has 4 rings (SSSR count). The molecule has 0 radical (unpaired) electrons. The number of fused-ring (bicyclic) bond motifs is 1. The molecule has 1 aromatic heterocycles. The fourth-order valence-corrected chi connectivity index (χ4v) is 4.16. The summed E-state index contributed by atoms with van der Waals surface area (Å²) in [6.45, 7) is 3.70. The largest absolute Gasteiger partial charge is 0.481 e. The molecule has 3 heterocycles. The number of carbonyl (C=O) groups is 1. The third-order valence-corrected chi connectivity index (χ3v) is 5.84. The van der Waals surface area contributed by atoms with E-state index in [1.165, 1.54) is 0 Å². The Morgan fingerprint density at radius 3 is 3.04 bits per heavy atom. The van der Waals surface area contributed by atoms with Gasteiger partial charge in [0.2, 0.25) is 6.79 Å². The van der Waals surface area contributed by atoms with E-state index in [2.05, 4.69) is 17.2 Å². The Labute approximate surface area is 150 Å². The lowest BCUT2D eigenvalue weighted by Gasteiger charge is -2.35. The molecule has 1 saturated heterocycles. The van der Waals surface area contributed by atoms with Crippen LogP contribution in [0.25, 0.3) is 10.6 Å². The minimum absolute atomic E-state index is 0.263. The van der Waals surface area contributed by atoms with Gasteiger partial charge in [-0.15, -0.1) is 11.3 Å². The van der Waals surface area contributed by atoms with Crippen molar-refractivity contribution in [3.63, 3.8) is 0 Å². The second-order valence-electron chi connectivity index (χ2n) is 6.60. The highest BCUT2D eigenvalue weighted by Gasteiger charge is 2.30. The van der Waals surface area contributed by atoms with E-state index in [9.17, 15) is 9.90 Å². The van der Waals surface area contributed by atoms with E-state index in [4.69, 9.17) is 14.5 Å². The second-order valence-corrected chi connectivity index (χ2v) is 7.46. The number of carboxylic acid groups (broad SMARTS) is 1. The Morgan fingerprint density at radius 1 is 1.36 bits per heavy atom. The van der Waals surface area contributed by atoms with Gasteiger partial charge in [0.05, 0.1) is 11.6 Å². The van der Waals surface area contributed by atoms with Crippen molar-refractivity contribution in [1.29, 1.82) is 0 Å². The first-order chi connectivity index (χ1) is 12.1. The summed E-state index contributed by atoms with van der Waals surface area (Å²) < 4.78 is 10.8. The highest BCUT2D eigenvalue weighted by atomic mass is 32.1. The van der Waals surface area contributed by atoms with Crippen molar-refractivity contribution in [3.05, 3.63) is 29.3 Å². The summed E-state index contributed by atoms with van der Waals surface area (Å²) in [5, 5.41) is 12.3. The lowest BCUT2D eigenvalue weighted by atomic mass is 9.93. The second kappa shape index (κ2) is 6.65. The number of likely N-dealkylation sites (tertiary alicyclic amines) is 1. The first-order valence-corrected chi connectivity index (χ1v) is 9.29. The predicted molar refractivity (Wildman–Crippen MR) is 93.9 cm³/mol. The van der Waals surface area contributed by atoms with Gasteiger partial charge in [0.25, 0.3) is 0 Å². The summed E-state index contributed by atoms with van der Waals surface area (Å²) in [6.07, 6.45) is 1.67. The predicted octanol–water partition coefficient (Wildman–Crippen LogP) is 3.22. The van der Waals surface area contributed by atoms with Crippen molar-refractivity contribution in [2.24, 2.45) is 5.92 Å². The van der Waals surface area contributed by atoms with Crippen LogP contribution in [0.2, 0.25) is 0 Å². The lowest BCUT2D eigenvalue weighted by molar-refractivity contribution is -0.144. The van der Waals surface area contributed by atoms with Crippen LogP contribution in [0.5, 0.6) is 11.5 Å². The summed E-state index contributed by atoms with van der Waals surface area (Å²) in [4.78, 5) is 18.2. The number of benzene rings is 1. The maximum atomic E-state index is 11.3. The number of carboxylic acids is 1. The van der Waals surface area contributed by atoms with Crippen LogP contribution < -0.4 is 9.47 Å². The molecule has 0 spiro atoms. The van der Waals surface area contributed by atoms with E-state index in [1.54, 1.807) is 11.3 Å². The zero-order valence-electron chi connectivity index (χ0n) is 14.0. The van der Waals surface area contributed by atoms with E-state index in [0.29, 0.717) is 19.1 Å². The monoisotopic (exact) mass is 360 g/mol. The topological polar surface area (TPSA) is 71.9 Å². The number of aromatic nitrogens is 1. The molecule has 1 aromatic carbocycles. The van der Waals surface area contributed by atoms with Gasteiger partial charge in [-0.25, -0.2) is 4.98 Å². The van der Waals surface area contributed by atoms with Crippen molar-refractivity contribution in [3.8, 4) is 22.1 Å². The maximum absolute atomic E-state index is 11.3. The molecule has 6 nitrogen and oxygen atoms in total. The first-order valence-electron chi connectivity index (χ1n) is 8.41. The van der Waals surface area contributed by atoms with Crippen LogP contribution in [0.4, 0.5) is 0 Å². The van der Waals surface area contributed by atoms with Crippen molar-refractivity contribution in [2.75, 3.05) is 13.3 Å². The van der Waals surface area contributed by atoms with Gasteiger partial charge in [-0.2, -0.15) is 0 Å². The molecule has 25 heavy (non-hydrogen) atoms. The fourth-order valence-electron chi connectivity index (χ4n) is 3.35. The molecule has 1 fully saturated rings. The standard InChI is InChI=1S/C18H20N2O4S/c1-11-2-3-13(18(21)22)7-20(11)8-14-9-25-17(19-14)12-4-5-15-16(6-12)24-10-23-15/h4-6,9,11,13H,2-3,7-8,10H2,1H3,(H,21,22). The molecule has 2 aliphatic heterocycles. The highest BCUT2D eigenvalue weighted by Crippen LogP contribution is 2.37. The summed E-state index contributed by atoms with van der Waals surface area (Å²) in [6, 6.07) is 6.23. The van der Waals surface area contributed by atoms with Gasteiger partial charge >= 0.3 is 5.97 Å². The Bertz CT molecular complexity index is 791. The quantitative estimate of drug-likeness (QED) is 0.903. The summed E-state index contributed by atoms with van der Waals surface area (Å²) in [5.74, 6) is 0.546. The molecular formula is C18H20N2O4S. The van der Waals surface area contributed by atoms with Crippen molar-refractivity contribution in [1.82, 2.24) is 9.88 Å². The molecule has 0 aliphatic carbocycles. The highest BCUT2D eigenvalue weighted by molar-refractivity contribution is 7.13. The van der Waals surface area contributed by atoms with Gasteiger partial charge in [-0.1, -0.05) is 0 Å². The van der Waals surface area contributed by atoms with Crippen LogP contribution >= 0.6 is 11.3 Å². The zero-order chi connectivity index (χ0) is 17.4. The van der Waals surface area contributed by atoms with Crippen molar-refractivity contribution in [2.45, 2.75) is 32.4 Å². The Morgan fingerprint density at radius 2 is 2.20 bits per heavy atom. The lowest BCUT2D eigenvalue weighted by Crippen LogP contribution is -2.43. The summed E-state index contributed by atoms with van der Waals surface area (Å²) in [7, 11) is 0. The molecule has 0 bridgehead atoms. The van der Waals surface area contributed by atoms with E-state index >= 15 is 0 Å². The fraction of sp³-hybridized carbons (Fsp3) is 0.444. The molecule has 2 aromatic rings. The minimum Gasteiger partial charge on any atom is -0.481 e. The number of hydrogen-bond acceptors (Lipinski definition) is 6. The van der Waals surface area contributed by atoms with E-state index in [-0.39, 0.29) is 12.7 Å². The molecular weight excluding hydrogens is 340 g/mol. The van der Waals surface area contributed by atoms with Gasteiger partial charge in [0, 0.05) is 30.1 Å². The molecule has 132 valence electrons. The number of thiazole rings is 1. The Hall–Kier alpha value is -2.12. The minimum atomic E-state index is -0.698. The smallest absolute Gasteiger partial charge is 0.307 e. The molecule has 0 saturated carbocycles. The number of hydrogen-bond donors (Lipinski definition) is 1. The maximum Gasteiger partial charge on any atom is 0.307 e. The molecule has 7 heteroatoms. The normalized spacial score (nSPS) is 22.9. The first kappa shape index (κ1) is 16.4. The number of ether oxygens (including phenoxy) is 2. The summed E-state index contributed by atoms with van der Waals surface area (Å²) >= 11 is 1.59. The van der Waals surface area contributed by atoms with Crippen LogP contribution in [-0.4, -0.2) is 40.3 Å². The third kappa shape index (κ3) is 3.34. The average Bonchev–Trinajstić information content (AvgIpc) is 3.25. The van der Waals surface area contributed by atoms with Gasteiger partial charge in [0.1, 0.15) is 5.01 Å². The van der Waals surface area contributed by atoms with Crippen molar-refractivity contribution < 1.29 is 19.4 Å². The van der Waals surface area contributed by atoms with E-state index in [0.717, 1.165) is 40.6 Å². The van der Waals surface area contributed by atoms with Crippen LogP contribution in [0.3, 0.4) is 0 Å². The molecule has 2 atom stereocenters. The van der Waals surface area contributed by atoms with Crippen molar-refractivity contribution >= 4 is 17.3 Å². The van der Waals surface area contributed by atoms with Gasteiger partial charge in [-0.05, 0) is 38.0 Å². The number of piperidine rings is 1. The molecule has 1 N–H and O–H groups in total. The zero-order valence-corrected chi connectivity index (χ0v) is 14.8. The van der Waals surface area contributed by atoms with Crippen LogP contribution in [-0.2, 0) is 11.3 Å². The number of rotatable bonds is 4. The number of nitrogens with zero attached hydrogens (tertiary/aromatic N) is 2. The SMILES string of the molecule is CC1CCC(C(=O)O)CN1Cc1csc(-c2ccc3c(c2)OCO3)n1. The van der Waals surface area contributed by atoms with Gasteiger partial charge in [0.15, 0.2) is 11.5 Å². The summed E-state index contributed by atoms with van der Waals surface area (Å²) in [5.41, 5.74) is 1.99. The average molecular weight is 360 g/mol. The molecule has 2 aliphatic rings. The van der Waals surface area contributed by atoms with E-state index in [1.807, 2.05) is 18.2 Å². The van der Waals surface area contributed by atoms with Crippen LogP contribution in [0.15, 0.2) is 23.6 Å². The van der Waals surface area contributed by atoms with E-state index < -0.39 is 5.97 Å². The third-order valence-electron chi connectivity index (χ3n) is 4.90.